The Labute approximate surface area is 121 Å². The molecule has 1 aliphatic rings. The Balaban J connectivity index is 2.38. The van der Waals surface area contributed by atoms with Gasteiger partial charge in [0.05, 0.1) is 11.2 Å². The predicted molar refractivity (Wildman–Crippen MR) is 80.6 cm³/mol. The molecule has 112 valence electrons. The molecule has 1 heterocycles. The Morgan fingerprint density at radius 1 is 1.20 bits per heavy atom. The first kappa shape index (κ1) is 15.3. The maximum atomic E-state index is 14.1. The number of benzene rings is 1. The Kier molecular flexibility index (Phi) is 4.07. The van der Waals surface area contributed by atoms with Gasteiger partial charge in [0.15, 0.2) is 0 Å². The van der Waals surface area contributed by atoms with Crippen LogP contribution in [0.15, 0.2) is 18.2 Å². The fraction of sp³-hybridized carbons (Fsp3) is 0.625. The van der Waals surface area contributed by atoms with E-state index in [-0.39, 0.29) is 17.0 Å². The molecule has 1 aromatic rings. The van der Waals surface area contributed by atoms with Gasteiger partial charge in [0.1, 0.15) is 5.82 Å². The van der Waals surface area contributed by atoms with Crippen molar-refractivity contribution in [2.75, 3.05) is 25.0 Å². The Morgan fingerprint density at radius 2 is 1.80 bits per heavy atom. The van der Waals surface area contributed by atoms with E-state index in [1.54, 1.807) is 6.07 Å². The fourth-order valence-corrected chi connectivity index (χ4v) is 3.15. The molecule has 1 fully saturated rings. The largest absolute Gasteiger partial charge is 0.366 e. The maximum absolute atomic E-state index is 14.1. The molecule has 1 N–H and O–H groups in total. The summed E-state index contributed by atoms with van der Waals surface area (Å²) in [5.41, 5.74) is 1.20. The first-order valence-electron chi connectivity index (χ1n) is 7.11. The van der Waals surface area contributed by atoms with Crippen LogP contribution in [0.3, 0.4) is 0 Å². The molecule has 3 nitrogen and oxygen atoms in total. The number of morpholine rings is 1. The van der Waals surface area contributed by atoms with Crippen LogP contribution in [-0.2, 0) is 11.3 Å². The molecule has 0 radical (unpaired) electrons. The van der Waals surface area contributed by atoms with Gasteiger partial charge in [0.2, 0.25) is 0 Å². The molecule has 1 aromatic carbocycles. The molecule has 1 saturated heterocycles. The van der Waals surface area contributed by atoms with Gasteiger partial charge in [0, 0.05) is 30.9 Å². The quantitative estimate of drug-likeness (QED) is 0.921. The molecule has 1 aliphatic heterocycles. The van der Waals surface area contributed by atoms with Crippen LogP contribution in [0.5, 0.6) is 0 Å². The standard InChI is InChI=1S/C16H25FN2O/c1-15(2)10-19(11-16(3,4)20-15)14-8-6-7-13(17)12(14)9-18-5/h6-8,18H,9-11H2,1-5H3. The van der Waals surface area contributed by atoms with E-state index in [1.165, 1.54) is 6.07 Å². The van der Waals surface area contributed by atoms with Gasteiger partial charge in [-0.05, 0) is 46.9 Å². The van der Waals surface area contributed by atoms with Crippen molar-refractivity contribution < 1.29 is 9.13 Å². The lowest BCUT2D eigenvalue weighted by Crippen LogP contribution is -2.57. The number of rotatable bonds is 3. The second-order valence-electron chi connectivity index (χ2n) is 6.75. The van der Waals surface area contributed by atoms with Crippen molar-refractivity contribution in [3.8, 4) is 0 Å². The minimum absolute atomic E-state index is 0.154. The first-order chi connectivity index (χ1) is 9.24. The second-order valence-corrected chi connectivity index (χ2v) is 6.75. The lowest BCUT2D eigenvalue weighted by atomic mass is 9.97. The highest BCUT2D eigenvalue weighted by atomic mass is 19.1. The number of nitrogens with one attached hydrogen (secondary N) is 1. The summed E-state index contributed by atoms with van der Waals surface area (Å²) < 4.78 is 20.2. The lowest BCUT2D eigenvalue weighted by Gasteiger charge is -2.48. The number of anilines is 1. The van der Waals surface area contributed by atoms with Crippen molar-refractivity contribution in [1.82, 2.24) is 5.32 Å². The predicted octanol–water partition coefficient (Wildman–Crippen LogP) is 2.94. The van der Waals surface area contributed by atoms with E-state index in [4.69, 9.17) is 4.74 Å². The Hall–Kier alpha value is -1.13. The third-order valence-electron chi connectivity index (χ3n) is 3.48. The number of halogens is 1. The van der Waals surface area contributed by atoms with Gasteiger partial charge in [-0.3, -0.25) is 0 Å². The van der Waals surface area contributed by atoms with Gasteiger partial charge in [-0.1, -0.05) is 6.07 Å². The van der Waals surface area contributed by atoms with E-state index in [2.05, 4.69) is 37.9 Å². The SMILES string of the molecule is CNCc1c(F)cccc1N1CC(C)(C)OC(C)(C)C1. The van der Waals surface area contributed by atoms with E-state index < -0.39 is 0 Å². The van der Waals surface area contributed by atoms with Crippen molar-refractivity contribution in [3.63, 3.8) is 0 Å². The molecule has 0 aromatic heterocycles. The Bertz CT molecular complexity index is 469. The summed E-state index contributed by atoms with van der Waals surface area (Å²) in [5.74, 6) is -0.154. The topological polar surface area (TPSA) is 24.5 Å². The maximum Gasteiger partial charge on any atom is 0.129 e. The summed E-state index contributed by atoms with van der Waals surface area (Å²) in [7, 11) is 1.84. The van der Waals surface area contributed by atoms with Gasteiger partial charge < -0.3 is 15.0 Å². The van der Waals surface area contributed by atoms with Gasteiger partial charge >= 0.3 is 0 Å². The van der Waals surface area contributed by atoms with Crippen molar-refractivity contribution in [1.29, 1.82) is 0 Å². The molecule has 2 rings (SSSR count). The number of ether oxygens (including phenoxy) is 1. The highest BCUT2D eigenvalue weighted by molar-refractivity contribution is 5.55. The minimum Gasteiger partial charge on any atom is -0.366 e. The summed E-state index contributed by atoms with van der Waals surface area (Å²) >= 11 is 0. The van der Waals surface area contributed by atoms with E-state index >= 15 is 0 Å². The van der Waals surface area contributed by atoms with Crippen molar-refractivity contribution in [2.24, 2.45) is 0 Å². The molecule has 4 heteroatoms. The smallest absolute Gasteiger partial charge is 0.129 e. The normalized spacial score (nSPS) is 21.0. The van der Waals surface area contributed by atoms with Crippen LogP contribution < -0.4 is 10.2 Å². The molecular weight excluding hydrogens is 255 g/mol. The second kappa shape index (κ2) is 5.34. The number of hydrogen-bond acceptors (Lipinski definition) is 3. The average molecular weight is 280 g/mol. The van der Waals surface area contributed by atoms with Crippen LogP contribution in [0, 0.1) is 5.82 Å². The zero-order valence-corrected chi connectivity index (χ0v) is 13.1. The van der Waals surface area contributed by atoms with E-state index in [0.717, 1.165) is 24.3 Å². The molecule has 0 saturated carbocycles. The van der Waals surface area contributed by atoms with E-state index in [0.29, 0.717) is 6.54 Å². The van der Waals surface area contributed by atoms with Gasteiger partial charge in [0.25, 0.3) is 0 Å². The number of nitrogens with zero attached hydrogens (tertiary/aromatic N) is 1. The first-order valence-corrected chi connectivity index (χ1v) is 7.11. The van der Waals surface area contributed by atoms with E-state index in [9.17, 15) is 4.39 Å². The summed E-state index contributed by atoms with van der Waals surface area (Å²) in [6, 6.07) is 5.29. The van der Waals surface area contributed by atoms with Crippen molar-refractivity contribution in [2.45, 2.75) is 45.4 Å². The van der Waals surface area contributed by atoms with E-state index in [1.807, 2.05) is 13.1 Å². The molecule has 0 spiro atoms. The van der Waals surface area contributed by atoms with Crippen LogP contribution in [-0.4, -0.2) is 31.3 Å². The zero-order valence-electron chi connectivity index (χ0n) is 13.1. The van der Waals surface area contributed by atoms with Crippen LogP contribution in [0.2, 0.25) is 0 Å². The molecule has 0 bridgehead atoms. The van der Waals surface area contributed by atoms with Gasteiger partial charge in [-0.2, -0.15) is 0 Å². The van der Waals surface area contributed by atoms with Gasteiger partial charge in [-0.15, -0.1) is 0 Å². The average Bonchev–Trinajstić information content (AvgIpc) is 2.28. The summed E-state index contributed by atoms with van der Waals surface area (Å²) in [6.07, 6.45) is 0. The fourth-order valence-electron chi connectivity index (χ4n) is 3.15. The highest BCUT2D eigenvalue weighted by Gasteiger charge is 2.38. The monoisotopic (exact) mass is 280 g/mol. The van der Waals surface area contributed by atoms with Crippen molar-refractivity contribution >= 4 is 5.69 Å². The summed E-state index contributed by atoms with van der Waals surface area (Å²) in [6.45, 7) is 10.4. The summed E-state index contributed by atoms with van der Waals surface area (Å²) in [4.78, 5) is 2.24. The molecule has 20 heavy (non-hydrogen) atoms. The Morgan fingerprint density at radius 3 is 2.35 bits per heavy atom. The van der Waals surface area contributed by atoms with Crippen LogP contribution in [0.1, 0.15) is 33.3 Å². The molecular formula is C16H25FN2O. The van der Waals surface area contributed by atoms with Gasteiger partial charge in [-0.25, -0.2) is 4.39 Å². The number of hydrogen-bond donors (Lipinski definition) is 1. The third kappa shape index (κ3) is 3.30. The zero-order chi connectivity index (χ0) is 15.0. The molecule has 0 atom stereocenters. The molecule has 0 aliphatic carbocycles. The minimum atomic E-state index is -0.245. The molecule has 0 amide bonds. The third-order valence-corrected chi connectivity index (χ3v) is 3.48. The van der Waals surface area contributed by atoms with Crippen LogP contribution in [0.4, 0.5) is 10.1 Å². The highest BCUT2D eigenvalue weighted by Crippen LogP contribution is 2.33. The summed E-state index contributed by atoms with van der Waals surface area (Å²) in [5, 5.41) is 3.05. The van der Waals surface area contributed by atoms with Crippen LogP contribution >= 0.6 is 0 Å². The molecule has 0 unspecified atom stereocenters. The lowest BCUT2D eigenvalue weighted by molar-refractivity contribution is -0.133. The van der Waals surface area contributed by atoms with Crippen LogP contribution in [0.25, 0.3) is 0 Å². The van der Waals surface area contributed by atoms with Crippen molar-refractivity contribution in [3.05, 3.63) is 29.6 Å².